The lowest BCUT2D eigenvalue weighted by Gasteiger charge is -2.19. The second-order valence-electron chi connectivity index (χ2n) is 6.89. The summed E-state index contributed by atoms with van der Waals surface area (Å²) in [5.74, 6) is 0.203. The molecule has 2 aromatic heterocycles. The minimum absolute atomic E-state index is 0.152. The normalized spacial score (nSPS) is 11.5. The van der Waals surface area contributed by atoms with Crippen LogP contribution in [0.25, 0.3) is 11.0 Å². The molecule has 0 aliphatic carbocycles. The molecule has 0 unspecified atom stereocenters. The molecule has 0 radical (unpaired) electrons. The van der Waals surface area contributed by atoms with E-state index in [1.54, 1.807) is 22.9 Å². The molecule has 3 aromatic rings. The molecule has 1 aromatic carbocycles. The van der Waals surface area contributed by atoms with Crippen molar-refractivity contribution in [3.05, 3.63) is 47.1 Å². The second kappa shape index (κ2) is 6.62. The summed E-state index contributed by atoms with van der Waals surface area (Å²) < 4.78 is 8.17. The molecule has 136 valence electrons. The Morgan fingerprint density at radius 3 is 2.69 bits per heavy atom. The molecule has 8 nitrogen and oxygen atoms in total. The fourth-order valence-electron chi connectivity index (χ4n) is 2.64. The number of para-hydroxylation sites is 2. The van der Waals surface area contributed by atoms with Crippen molar-refractivity contribution < 1.29 is 9.53 Å². The number of carbonyl (C=O) groups excluding carboxylic acids is 1. The summed E-state index contributed by atoms with van der Waals surface area (Å²) in [6.07, 6.45) is 2.86. The summed E-state index contributed by atoms with van der Waals surface area (Å²) in [5, 5.41) is 7.39. The molecule has 0 saturated heterocycles. The highest BCUT2D eigenvalue weighted by atomic mass is 16.5. The van der Waals surface area contributed by atoms with E-state index in [2.05, 4.69) is 15.4 Å². The van der Waals surface area contributed by atoms with Gasteiger partial charge >= 0.3 is 0 Å². The van der Waals surface area contributed by atoms with Gasteiger partial charge in [0.05, 0.1) is 24.5 Å². The van der Waals surface area contributed by atoms with E-state index in [1.807, 2.05) is 26.8 Å². The number of anilines is 1. The minimum Gasteiger partial charge on any atom is -0.495 e. The molecule has 3 rings (SSSR count). The molecule has 0 saturated carbocycles. The van der Waals surface area contributed by atoms with Gasteiger partial charge in [-0.2, -0.15) is 5.10 Å². The molecule has 0 spiro atoms. The number of amides is 1. The molecule has 8 heteroatoms. The Balaban J connectivity index is 1.86. The summed E-state index contributed by atoms with van der Waals surface area (Å²) in [5.41, 5.74) is 0.446. The van der Waals surface area contributed by atoms with Crippen LogP contribution in [0.15, 0.2) is 41.6 Å². The van der Waals surface area contributed by atoms with Gasteiger partial charge in [0.1, 0.15) is 24.0 Å². The standard InChI is InChI=1S/C18H21N5O3/c1-18(2,3)23-16-12(9-20-23)17(25)22(11-19-16)10-15(24)21-13-7-5-6-8-14(13)26-4/h5-9,11H,10H2,1-4H3,(H,21,24). The first-order chi connectivity index (χ1) is 12.3. The lowest BCUT2D eigenvalue weighted by atomic mass is 10.1. The van der Waals surface area contributed by atoms with Gasteiger partial charge in [-0.15, -0.1) is 0 Å². The van der Waals surface area contributed by atoms with Crippen molar-refractivity contribution >= 4 is 22.6 Å². The number of benzene rings is 1. The molecule has 1 amide bonds. The SMILES string of the molecule is COc1ccccc1NC(=O)Cn1cnc2c(cnn2C(C)(C)C)c1=O. The number of methoxy groups -OCH3 is 1. The lowest BCUT2D eigenvalue weighted by molar-refractivity contribution is -0.116. The van der Waals surface area contributed by atoms with Crippen LogP contribution in [-0.4, -0.2) is 32.3 Å². The van der Waals surface area contributed by atoms with Crippen molar-refractivity contribution in [1.82, 2.24) is 19.3 Å². The zero-order valence-corrected chi connectivity index (χ0v) is 15.2. The zero-order valence-electron chi connectivity index (χ0n) is 15.2. The first kappa shape index (κ1) is 17.7. The van der Waals surface area contributed by atoms with Crippen molar-refractivity contribution in [1.29, 1.82) is 0 Å². The Morgan fingerprint density at radius 2 is 2.00 bits per heavy atom. The topological polar surface area (TPSA) is 91.0 Å². The maximum absolute atomic E-state index is 12.6. The van der Waals surface area contributed by atoms with Crippen LogP contribution in [0.5, 0.6) is 5.75 Å². The molecule has 2 heterocycles. The Morgan fingerprint density at radius 1 is 1.27 bits per heavy atom. The van der Waals surface area contributed by atoms with Crippen molar-refractivity contribution in [2.24, 2.45) is 0 Å². The van der Waals surface area contributed by atoms with Gasteiger partial charge in [0, 0.05) is 0 Å². The van der Waals surface area contributed by atoms with Gasteiger partial charge in [-0.3, -0.25) is 14.2 Å². The fourth-order valence-corrected chi connectivity index (χ4v) is 2.64. The van der Waals surface area contributed by atoms with E-state index < -0.39 is 0 Å². The van der Waals surface area contributed by atoms with Crippen LogP contribution in [0.3, 0.4) is 0 Å². The van der Waals surface area contributed by atoms with Gasteiger partial charge in [-0.25, -0.2) is 9.67 Å². The van der Waals surface area contributed by atoms with Gasteiger partial charge in [0.25, 0.3) is 5.56 Å². The zero-order chi connectivity index (χ0) is 18.9. The van der Waals surface area contributed by atoms with Gasteiger partial charge in [0.15, 0.2) is 5.65 Å². The number of fused-ring (bicyclic) bond motifs is 1. The smallest absolute Gasteiger partial charge is 0.264 e. The Labute approximate surface area is 150 Å². The summed E-state index contributed by atoms with van der Waals surface area (Å²) in [6, 6.07) is 7.08. The average Bonchev–Trinajstić information content (AvgIpc) is 3.03. The van der Waals surface area contributed by atoms with Crippen molar-refractivity contribution in [3.8, 4) is 5.75 Å². The number of nitrogens with one attached hydrogen (secondary N) is 1. The Hall–Kier alpha value is -3.16. The minimum atomic E-state index is -0.346. The van der Waals surface area contributed by atoms with E-state index in [1.165, 1.54) is 24.2 Å². The van der Waals surface area contributed by atoms with Gasteiger partial charge in [-0.05, 0) is 32.9 Å². The first-order valence-electron chi connectivity index (χ1n) is 8.18. The van der Waals surface area contributed by atoms with Gasteiger partial charge < -0.3 is 10.1 Å². The molecule has 0 aliphatic rings. The lowest BCUT2D eigenvalue weighted by Crippen LogP contribution is -2.29. The van der Waals surface area contributed by atoms with E-state index in [-0.39, 0.29) is 23.6 Å². The van der Waals surface area contributed by atoms with Gasteiger partial charge in [0.2, 0.25) is 5.91 Å². The van der Waals surface area contributed by atoms with Crippen molar-refractivity contribution in [3.63, 3.8) is 0 Å². The van der Waals surface area contributed by atoms with Crippen LogP contribution in [0.4, 0.5) is 5.69 Å². The second-order valence-corrected chi connectivity index (χ2v) is 6.89. The largest absolute Gasteiger partial charge is 0.495 e. The molecular formula is C18H21N5O3. The maximum Gasteiger partial charge on any atom is 0.264 e. The average molecular weight is 355 g/mol. The summed E-state index contributed by atoms with van der Waals surface area (Å²) in [6.45, 7) is 5.79. The van der Waals surface area contributed by atoms with Crippen molar-refractivity contribution in [2.45, 2.75) is 32.9 Å². The highest BCUT2D eigenvalue weighted by Gasteiger charge is 2.20. The van der Waals surface area contributed by atoms with Crippen LogP contribution >= 0.6 is 0 Å². The predicted molar refractivity (Wildman–Crippen MR) is 98.4 cm³/mol. The Bertz CT molecular complexity index is 1010. The predicted octanol–water partition coefficient (Wildman–Crippen LogP) is 2.00. The summed E-state index contributed by atoms with van der Waals surface area (Å²) >= 11 is 0. The third-order valence-electron chi connectivity index (χ3n) is 3.88. The highest BCUT2D eigenvalue weighted by molar-refractivity contribution is 5.92. The number of carbonyl (C=O) groups is 1. The number of aromatic nitrogens is 4. The quantitative estimate of drug-likeness (QED) is 0.773. The van der Waals surface area contributed by atoms with Crippen LogP contribution in [0.1, 0.15) is 20.8 Å². The molecule has 0 bridgehead atoms. The fraction of sp³-hybridized carbons (Fsp3) is 0.333. The maximum atomic E-state index is 12.6. The molecule has 1 N–H and O–H groups in total. The Kier molecular flexibility index (Phi) is 4.50. The molecule has 0 fully saturated rings. The van der Waals surface area contributed by atoms with E-state index in [0.717, 1.165) is 0 Å². The molecule has 0 atom stereocenters. The van der Waals surface area contributed by atoms with E-state index in [9.17, 15) is 9.59 Å². The van der Waals surface area contributed by atoms with Crippen LogP contribution < -0.4 is 15.6 Å². The van der Waals surface area contributed by atoms with Crippen LogP contribution in [0.2, 0.25) is 0 Å². The number of hydrogen-bond acceptors (Lipinski definition) is 5. The van der Waals surface area contributed by atoms with Gasteiger partial charge in [-0.1, -0.05) is 12.1 Å². The third kappa shape index (κ3) is 3.30. The van der Waals surface area contributed by atoms with Crippen LogP contribution in [-0.2, 0) is 16.9 Å². The number of ether oxygens (including phenoxy) is 1. The molecule has 0 aliphatic heterocycles. The third-order valence-corrected chi connectivity index (χ3v) is 3.88. The van der Waals surface area contributed by atoms with E-state index in [0.29, 0.717) is 22.5 Å². The number of nitrogens with zero attached hydrogens (tertiary/aromatic N) is 4. The number of hydrogen-bond donors (Lipinski definition) is 1. The summed E-state index contributed by atoms with van der Waals surface area (Å²) in [4.78, 5) is 29.3. The monoisotopic (exact) mass is 355 g/mol. The van der Waals surface area contributed by atoms with Crippen LogP contribution in [0, 0.1) is 0 Å². The number of rotatable bonds is 4. The molecule has 26 heavy (non-hydrogen) atoms. The first-order valence-corrected chi connectivity index (χ1v) is 8.18. The molecular weight excluding hydrogens is 334 g/mol. The van der Waals surface area contributed by atoms with E-state index >= 15 is 0 Å². The van der Waals surface area contributed by atoms with E-state index in [4.69, 9.17) is 4.74 Å². The summed E-state index contributed by atoms with van der Waals surface area (Å²) in [7, 11) is 1.53. The van der Waals surface area contributed by atoms with Crippen molar-refractivity contribution in [2.75, 3.05) is 12.4 Å². The highest BCUT2D eigenvalue weighted by Crippen LogP contribution is 2.23.